The second-order valence-electron chi connectivity index (χ2n) is 5.58. The Bertz CT molecular complexity index is 734. The third-order valence-electron chi connectivity index (χ3n) is 3.84. The molecule has 1 fully saturated rings. The molecule has 132 valence electrons. The van der Waals surface area contributed by atoms with E-state index in [4.69, 9.17) is 27.9 Å². The number of hydrogen-bond donors (Lipinski definition) is 0. The molecule has 8 heteroatoms. The normalized spacial score (nSPS) is 19.7. The number of hydrogen-bond acceptors (Lipinski definition) is 4. The van der Waals surface area contributed by atoms with Crippen LogP contribution < -0.4 is 0 Å². The molecule has 0 aliphatic carbocycles. The van der Waals surface area contributed by atoms with Gasteiger partial charge in [-0.15, -0.1) is 0 Å². The van der Waals surface area contributed by atoms with E-state index in [0.29, 0.717) is 35.2 Å². The van der Waals surface area contributed by atoms with Gasteiger partial charge in [-0.1, -0.05) is 29.3 Å². The molecule has 1 atom stereocenters. The molecule has 5 nitrogen and oxygen atoms in total. The lowest BCUT2D eigenvalue weighted by atomic mass is 10.2. The molecule has 0 radical (unpaired) electrons. The van der Waals surface area contributed by atoms with Crippen molar-refractivity contribution in [3.8, 4) is 0 Å². The summed E-state index contributed by atoms with van der Waals surface area (Å²) in [6, 6.07) is 4.68. The lowest BCUT2D eigenvalue weighted by molar-refractivity contribution is -0.128. The molecule has 1 aromatic rings. The van der Waals surface area contributed by atoms with E-state index in [2.05, 4.69) is 0 Å². The molecule has 0 unspecified atom stereocenters. The number of ether oxygens (including phenoxy) is 1. The topological polar surface area (TPSA) is 63.7 Å². The van der Waals surface area contributed by atoms with Crippen LogP contribution in [0.1, 0.15) is 12.0 Å². The first-order valence-electron chi connectivity index (χ1n) is 7.45. The monoisotopic (exact) mass is 391 g/mol. The fourth-order valence-corrected chi connectivity index (χ4v) is 4.78. The highest BCUT2D eigenvalue weighted by Gasteiger charge is 2.33. The smallest absolute Gasteiger partial charge is 0.246 e. The minimum Gasteiger partial charge on any atom is -0.383 e. The van der Waals surface area contributed by atoms with Crippen LogP contribution >= 0.6 is 23.2 Å². The fraction of sp³-hybridized carbons (Fsp3) is 0.438. The van der Waals surface area contributed by atoms with E-state index in [1.54, 1.807) is 29.2 Å². The van der Waals surface area contributed by atoms with Gasteiger partial charge in [-0.05, 0) is 30.2 Å². The minimum absolute atomic E-state index is 0.00199. The Morgan fingerprint density at radius 3 is 2.75 bits per heavy atom. The van der Waals surface area contributed by atoms with Crippen LogP contribution in [0, 0.1) is 0 Å². The highest BCUT2D eigenvalue weighted by atomic mass is 35.5. The molecule has 1 aromatic carbocycles. The minimum atomic E-state index is -3.07. The SMILES string of the molecule is COCCN(C(=O)/C=C/c1ccc(Cl)cc1Cl)[C@@H]1CCS(=O)(=O)C1. The van der Waals surface area contributed by atoms with Crippen molar-refractivity contribution in [1.82, 2.24) is 4.90 Å². The molecular formula is C16H19Cl2NO4S. The molecule has 2 rings (SSSR count). The van der Waals surface area contributed by atoms with Crippen molar-refractivity contribution in [2.45, 2.75) is 12.5 Å². The summed E-state index contributed by atoms with van der Waals surface area (Å²) in [7, 11) is -1.53. The van der Waals surface area contributed by atoms with Crippen LogP contribution in [0.2, 0.25) is 10.0 Å². The molecule has 1 aliphatic rings. The first-order chi connectivity index (χ1) is 11.3. The Morgan fingerprint density at radius 2 is 2.17 bits per heavy atom. The van der Waals surface area contributed by atoms with Crippen LogP contribution in [-0.2, 0) is 19.4 Å². The molecule has 0 saturated carbocycles. The van der Waals surface area contributed by atoms with Gasteiger partial charge >= 0.3 is 0 Å². The van der Waals surface area contributed by atoms with Gasteiger partial charge in [0.15, 0.2) is 9.84 Å². The maximum Gasteiger partial charge on any atom is 0.246 e. The van der Waals surface area contributed by atoms with Crippen molar-refractivity contribution >= 4 is 45.0 Å². The zero-order valence-corrected chi connectivity index (χ0v) is 15.6. The zero-order valence-electron chi connectivity index (χ0n) is 13.2. The number of halogens is 2. The van der Waals surface area contributed by atoms with Gasteiger partial charge in [-0.2, -0.15) is 0 Å². The summed E-state index contributed by atoms with van der Waals surface area (Å²) >= 11 is 11.9. The summed E-state index contributed by atoms with van der Waals surface area (Å²) in [5.74, 6) is -0.153. The predicted molar refractivity (Wildman–Crippen MR) is 96.1 cm³/mol. The summed E-state index contributed by atoms with van der Waals surface area (Å²) in [5.41, 5.74) is 0.667. The summed E-state index contributed by atoms with van der Waals surface area (Å²) < 4.78 is 28.4. The van der Waals surface area contributed by atoms with Crippen molar-refractivity contribution in [3.63, 3.8) is 0 Å². The van der Waals surface area contributed by atoms with Crippen molar-refractivity contribution in [2.75, 3.05) is 31.8 Å². The number of carbonyl (C=O) groups is 1. The molecule has 24 heavy (non-hydrogen) atoms. The van der Waals surface area contributed by atoms with Gasteiger partial charge in [0.2, 0.25) is 5.91 Å². The molecule has 0 N–H and O–H groups in total. The average molecular weight is 392 g/mol. The van der Waals surface area contributed by atoms with E-state index in [0.717, 1.165) is 0 Å². The fourth-order valence-electron chi connectivity index (χ4n) is 2.58. The molecule has 1 amide bonds. The van der Waals surface area contributed by atoms with Crippen LogP contribution in [0.3, 0.4) is 0 Å². The summed E-state index contributed by atoms with van der Waals surface area (Å²) in [6.07, 6.45) is 3.45. The predicted octanol–water partition coefficient (Wildman–Crippen LogP) is 2.67. The molecule has 1 aliphatic heterocycles. The highest BCUT2D eigenvalue weighted by Crippen LogP contribution is 2.23. The average Bonchev–Trinajstić information content (AvgIpc) is 2.86. The summed E-state index contributed by atoms with van der Waals surface area (Å²) in [5, 5.41) is 0.958. The van der Waals surface area contributed by atoms with E-state index >= 15 is 0 Å². The quantitative estimate of drug-likeness (QED) is 0.699. The van der Waals surface area contributed by atoms with Gasteiger partial charge in [-0.25, -0.2) is 8.42 Å². The van der Waals surface area contributed by atoms with Gasteiger partial charge in [0.1, 0.15) is 0 Å². The first kappa shape index (κ1) is 19.2. The number of amides is 1. The van der Waals surface area contributed by atoms with Crippen LogP contribution in [0.15, 0.2) is 24.3 Å². The summed E-state index contributed by atoms with van der Waals surface area (Å²) in [6.45, 7) is 0.687. The lowest BCUT2D eigenvalue weighted by Crippen LogP contribution is -2.42. The lowest BCUT2D eigenvalue weighted by Gasteiger charge is -2.26. The van der Waals surface area contributed by atoms with Crippen molar-refractivity contribution < 1.29 is 17.9 Å². The van der Waals surface area contributed by atoms with Crippen molar-refractivity contribution in [3.05, 3.63) is 39.9 Å². The molecule has 0 spiro atoms. The van der Waals surface area contributed by atoms with E-state index in [9.17, 15) is 13.2 Å². The third-order valence-corrected chi connectivity index (χ3v) is 6.15. The van der Waals surface area contributed by atoms with Gasteiger partial charge in [0, 0.05) is 35.8 Å². The standard InChI is InChI=1S/C16H19Cl2NO4S/c1-23-8-7-19(14-6-9-24(21,22)11-14)16(20)5-3-12-2-4-13(17)10-15(12)18/h2-5,10,14H,6-9,11H2,1H3/b5-3+/t14-/m1/s1. The molecule has 0 bridgehead atoms. The van der Waals surface area contributed by atoms with E-state index in [1.165, 1.54) is 13.2 Å². The second-order valence-corrected chi connectivity index (χ2v) is 8.65. The zero-order chi connectivity index (χ0) is 17.7. The Labute approximate surface area is 152 Å². The van der Waals surface area contributed by atoms with Crippen molar-refractivity contribution in [2.24, 2.45) is 0 Å². The number of benzene rings is 1. The molecule has 1 heterocycles. The van der Waals surface area contributed by atoms with E-state index in [1.807, 2.05) is 0 Å². The number of sulfone groups is 1. The van der Waals surface area contributed by atoms with E-state index < -0.39 is 9.84 Å². The van der Waals surface area contributed by atoms with Gasteiger partial charge in [0.05, 0.1) is 18.1 Å². The molecule has 1 saturated heterocycles. The van der Waals surface area contributed by atoms with Gasteiger partial charge < -0.3 is 9.64 Å². The summed E-state index contributed by atoms with van der Waals surface area (Å²) in [4.78, 5) is 14.1. The first-order valence-corrected chi connectivity index (χ1v) is 10.0. The number of rotatable bonds is 6. The number of nitrogens with zero attached hydrogens (tertiary/aromatic N) is 1. The highest BCUT2D eigenvalue weighted by molar-refractivity contribution is 7.91. The van der Waals surface area contributed by atoms with Crippen LogP contribution in [-0.4, -0.2) is 57.0 Å². The van der Waals surface area contributed by atoms with Gasteiger partial charge in [0.25, 0.3) is 0 Å². The Morgan fingerprint density at radius 1 is 1.42 bits per heavy atom. The maximum absolute atomic E-state index is 12.5. The Balaban J connectivity index is 2.13. The molecule has 0 aromatic heterocycles. The maximum atomic E-state index is 12.5. The Kier molecular flexibility index (Phi) is 6.69. The van der Waals surface area contributed by atoms with Crippen LogP contribution in [0.25, 0.3) is 6.08 Å². The Hall–Kier alpha value is -1.08. The third kappa shape index (κ3) is 5.21. The van der Waals surface area contributed by atoms with Gasteiger partial charge in [-0.3, -0.25) is 4.79 Å². The second kappa shape index (κ2) is 8.34. The molecular weight excluding hydrogens is 373 g/mol. The number of methoxy groups -OCH3 is 1. The number of carbonyl (C=O) groups excluding carboxylic acids is 1. The largest absolute Gasteiger partial charge is 0.383 e. The van der Waals surface area contributed by atoms with E-state index in [-0.39, 0.29) is 23.5 Å². The van der Waals surface area contributed by atoms with Crippen LogP contribution in [0.5, 0.6) is 0 Å². The van der Waals surface area contributed by atoms with Crippen molar-refractivity contribution in [1.29, 1.82) is 0 Å². The van der Waals surface area contributed by atoms with Crippen LogP contribution in [0.4, 0.5) is 0 Å².